The molecule has 0 bridgehead atoms. The maximum atomic E-state index is 12.8. The Morgan fingerprint density at radius 1 is 1.23 bits per heavy atom. The highest BCUT2D eigenvalue weighted by molar-refractivity contribution is 7.81. The molecule has 0 atom stereocenters. The highest BCUT2D eigenvalue weighted by Crippen LogP contribution is 2.24. The van der Waals surface area contributed by atoms with Crippen molar-refractivity contribution in [3.8, 4) is 5.75 Å². The summed E-state index contributed by atoms with van der Waals surface area (Å²) in [5, 5.41) is 2.81. The van der Waals surface area contributed by atoms with Crippen molar-refractivity contribution >= 4 is 22.4 Å². The fourth-order valence-corrected chi connectivity index (χ4v) is 2.42. The van der Waals surface area contributed by atoms with Crippen molar-refractivity contribution in [2.24, 2.45) is 0 Å². The summed E-state index contributed by atoms with van der Waals surface area (Å²) in [4.78, 5) is 23.5. The minimum absolute atomic E-state index is 0.0164. The summed E-state index contributed by atoms with van der Waals surface area (Å²) in [5.41, 5.74) is 0.283. The second-order valence-corrected chi connectivity index (χ2v) is 7.37. The largest absolute Gasteiger partial charge is 0.488 e. The van der Waals surface area contributed by atoms with Crippen molar-refractivity contribution < 1.29 is 35.5 Å². The van der Waals surface area contributed by atoms with Gasteiger partial charge in [-0.1, -0.05) is 3.89 Å². The summed E-state index contributed by atoms with van der Waals surface area (Å²) >= 11 is 0. The number of nitrogens with one attached hydrogen (secondary N) is 1. The Bertz CT molecular complexity index is 785. The van der Waals surface area contributed by atoms with Crippen molar-refractivity contribution in [1.29, 1.82) is 0 Å². The number of carbonyl (C=O) groups is 2. The standard InChI is InChI=1S/C16H22FNO7S/c1-10-11(8-18-9-14(19)24-16(2,3)4)6-12(25-26(17,21)22)7-13(10)15(20)23-5/h6-7,18H,8-9H2,1-5H3. The first kappa shape index (κ1) is 21.8. The Morgan fingerprint density at radius 3 is 2.35 bits per heavy atom. The first-order valence-electron chi connectivity index (χ1n) is 7.61. The minimum Gasteiger partial charge on any atom is -0.465 e. The molecule has 0 aromatic heterocycles. The van der Waals surface area contributed by atoms with E-state index in [9.17, 15) is 21.9 Å². The third kappa shape index (κ3) is 7.36. The van der Waals surface area contributed by atoms with Gasteiger partial charge < -0.3 is 19.0 Å². The third-order valence-electron chi connectivity index (χ3n) is 3.09. The Hall–Kier alpha value is -2.20. The second kappa shape index (κ2) is 8.45. The van der Waals surface area contributed by atoms with Crippen LogP contribution in [0.3, 0.4) is 0 Å². The van der Waals surface area contributed by atoms with E-state index in [1.54, 1.807) is 27.7 Å². The van der Waals surface area contributed by atoms with E-state index in [-0.39, 0.29) is 24.4 Å². The average Bonchev–Trinajstić information content (AvgIpc) is 2.45. The molecule has 146 valence electrons. The topological polar surface area (TPSA) is 108 Å². The van der Waals surface area contributed by atoms with Crippen LogP contribution in [0, 0.1) is 6.92 Å². The molecule has 0 unspecified atom stereocenters. The van der Waals surface area contributed by atoms with Crippen LogP contribution in [0.25, 0.3) is 0 Å². The molecule has 0 aliphatic rings. The number of benzene rings is 1. The SMILES string of the molecule is COC(=O)c1cc(OS(=O)(=O)F)cc(CNCC(=O)OC(C)(C)C)c1C. The zero-order valence-corrected chi connectivity index (χ0v) is 16.0. The van der Waals surface area contributed by atoms with E-state index in [0.29, 0.717) is 11.1 Å². The molecule has 0 aliphatic carbocycles. The lowest BCUT2D eigenvalue weighted by molar-refractivity contribution is -0.153. The van der Waals surface area contributed by atoms with Crippen molar-refractivity contribution in [2.75, 3.05) is 13.7 Å². The van der Waals surface area contributed by atoms with Crippen LogP contribution in [0.4, 0.5) is 3.89 Å². The van der Waals surface area contributed by atoms with Crippen LogP contribution in [-0.4, -0.2) is 39.6 Å². The molecule has 0 radical (unpaired) electrons. The van der Waals surface area contributed by atoms with Gasteiger partial charge in [-0.3, -0.25) is 4.79 Å². The zero-order chi connectivity index (χ0) is 20.1. The molecule has 0 aliphatic heterocycles. The van der Waals surface area contributed by atoms with E-state index < -0.39 is 28.0 Å². The lowest BCUT2D eigenvalue weighted by Crippen LogP contribution is -2.31. The van der Waals surface area contributed by atoms with Crippen LogP contribution < -0.4 is 9.50 Å². The highest BCUT2D eigenvalue weighted by Gasteiger charge is 2.19. The highest BCUT2D eigenvalue weighted by atomic mass is 32.3. The molecule has 0 fully saturated rings. The number of hydrogen-bond donors (Lipinski definition) is 1. The Labute approximate surface area is 152 Å². The molecule has 8 nitrogen and oxygen atoms in total. The monoisotopic (exact) mass is 391 g/mol. The van der Waals surface area contributed by atoms with E-state index >= 15 is 0 Å². The molecular weight excluding hydrogens is 369 g/mol. The summed E-state index contributed by atoms with van der Waals surface area (Å²) in [6.07, 6.45) is 0. The predicted molar refractivity (Wildman–Crippen MR) is 90.7 cm³/mol. The molecule has 0 saturated heterocycles. The van der Waals surface area contributed by atoms with Crippen LogP contribution in [0.2, 0.25) is 0 Å². The number of esters is 2. The van der Waals surface area contributed by atoms with Crippen LogP contribution in [0.5, 0.6) is 5.75 Å². The molecule has 26 heavy (non-hydrogen) atoms. The number of halogens is 1. The van der Waals surface area contributed by atoms with Gasteiger partial charge in [-0.15, -0.1) is 0 Å². The smallest absolute Gasteiger partial charge is 0.465 e. The van der Waals surface area contributed by atoms with Gasteiger partial charge in [-0.2, -0.15) is 8.42 Å². The molecule has 1 N–H and O–H groups in total. The first-order valence-corrected chi connectivity index (χ1v) is 8.91. The van der Waals surface area contributed by atoms with Gasteiger partial charge in [-0.05, 0) is 51.0 Å². The summed E-state index contributed by atoms with van der Waals surface area (Å²) < 4.78 is 48.2. The molecular formula is C16H22FNO7S. The number of carbonyl (C=O) groups excluding carboxylic acids is 2. The summed E-state index contributed by atoms with van der Waals surface area (Å²) in [7, 11) is -4.10. The molecule has 10 heteroatoms. The fourth-order valence-electron chi connectivity index (χ4n) is 2.09. The van der Waals surface area contributed by atoms with Crippen LogP contribution >= 0.6 is 0 Å². The van der Waals surface area contributed by atoms with Crippen molar-refractivity contribution in [2.45, 2.75) is 39.8 Å². The maximum absolute atomic E-state index is 12.8. The molecule has 0 spiro atoms. The second-order valence-electron chi connectivity index (χ2n) is 6.41. The van der Waals surface area contributed by atoms with Gasteiger partial charge in [0, 0.05) is 6.54 Å². The van der Waals surface area contributed by atoms with E-state index in [4.69, 9.17) is 4.74 Å². The van der Waals surface area contributed by atoms with Gasteiger partial charge in [0.1, 0.15) is 11.4 Å². The van der Waals surface area contributed by atoms with E-state index in [1.807, 2.05) is 0 Å². The van der Waals surface area contributed by atoms with Gasteiger partial charge >= 0.3 is 22.4 Å². The average molecular weight is 391 g/mol. The lowest BCUT2D eigenvalue weighted by atomic mass is 10.0. The fraction of sp³-hybridized carbons (Fsp3) is 0.500. The van der Waals surface area contributed by atoms with Gasteiger partial charge in [0.2, 0.25) is 0 Å². The number of hydrogen-bond acceptors (Lipinski definition) is 8. The van der Waals surface area contributed by atoms with E-state index in [0.717, 1.165) is 13.2 Å². The number of rotatable bonds is 7. The maximum Gasteiger partial charge on any atom is 0.488 e. The number of methoxy groups -OCH3 is 1. The molecule has 1 rings (SSSR count). The van der Waals surface area contributed by atoms with Crippen LogP contribution in [-0.2, 0) is 31.3 Å². The molecule has 0 heterocycles. The van der Waals surface area contributed by atoms with Gasteiger partial charge in [0.05, 0.1) is 19.2 Å². The summed E-state index contributed by atoms with van der Waals surface area (Å²) in [5.74, 6) is -1.60. The van der Waals surface area contributed by atoms with Gasteiger partial charge in [-0.25, -0.2) is 4.79 Å². The van der Waals surface area contributed by atoms with Gasteiger partial charge in [0.25, 0.3) is 0 Å². The molecule has 0 amide bonds. The van der Waals surface area contributed by atoms with Crippen molar-refractivity contribution in [1.82, 2.24) is 5.32 Å². The van der Waals surface area contributed by atoms with Crippen molar-refractivity contribution in [3.63, 3.8) is 0 Å². The normalized spacial score (nSPS) is 11.8. The predicted octanol–water partition coefficient (Wildman–Crippen LogP) is 1.81. The van der Waals surface area contributed by atoms with E-state index in [2.05, 4.69) is 14.2 Å². The quantitative estimate of drug-likeness (QED) is 0.554. The molecule has 1 aromatic rings. The molecule has 1 aromatic carbocycles. The lowest BCUT2D eigenvalue weighted by Gasteiger charge is -2.19. The molecule has 0 saturated carbocycles. The minimum atomic E-state index is -5.26. The van der Waals surface area contributed by atoms with Crippen LogP contribution in [0.15, 0.2) is 12.1 Å². The first-order chi connectivity index (χ1) is 11.8. The third-order valence-corrected chi connectivity index (χ3v) is 3.49. The van der Waals surface area contributed by atoms with Gasteiger partial charge in [0.15, 0.2) is 0 Å². The summed E-state index contributed by atoms with van der Waals surface area (Å²) in [6, 6.07) is 2.32. The Balaban J connectivity index is 3.00. The summed E-state index contributed by atoms with van der Waals surface area (Å²) in [6.45, 7) is 6.77. The number of ether oxygens (including phenoxy) is 2. The Kier molecular flexibility index (Phi) is 7.10. The zero-order valence-electron chi connectivity index (χ0n) is 15.2. The van der Waals surface area contributed by atoms with Crippen molar-refractivity contribution in [3.05, 3.63) is 28.8 Å². The Morgan fingerprint density at radius 2 is 1.85 bits per heavy atom. The van der Waals surface area contributed by atoms with E-state index in [1.165, 1.54) is 6.07 Å². The van der Waals surface area contributed by atoms with Crippen LogP contribution in [0.1, 0.15) is 42.3 Å².